The molecule has 5 rings (SSSR count). The number of carbonyl (C=O) groups is 1. The molecule has 4 nitrogen and oxygen atoms in total. The van der Waals surface area contributed by atoms with Crippen LogP contribution >= 0.6 is 0 Å². The summed E-state index contributed by atoms with van der Waals surface area (Å²) in [7, 11) is 0. The van der Waals surface area contributed by atoms with Crippen molar-refractivity contribution in [1.82, 2.24) is 15.0 Å². The van der Waals surface area contributed by atoms with E-state index in [4.69, 9.17) is 0 Å². The van der Waals surface area contributed by atoms with Crippen molar-refractivity contribution >= 4 is 16.9 Å². The van der Waals surface area contributed by atoms with Crippen molar-refractivity contribution in [2.45, 2.75) is 0 Å². The number of nitrogens with zero attached hydrogens (tertiary/aromatic N) is 2. The molecule has 1 N–H and O–H groups in total. The van der Waals surface area contributed by atoms with E-state index in [-0.39, 0.29) is 5.78 Å². The summed E-state index contributed by atoms with van der Waals surface area (Å²) < 4.78 is 0. The lowest BCUT2D eigenvalue weighted by Crippen LogP contribution is -1.94. The topological polar surface area (TPSA) is 58.6 Å². The number of hydrogen-bond donors (Lipinski definition) is 1. The number of imidazole rings is 1. The third-order valence-corrected chi connectivity index (χ3v) is 4.26. The highest BCUT2D eigenvalue weighted by Crippen LogP contribution is 2.42. The summed E-state index contributed by atoms with van der Waals surface area (Å²) >= 11 is 0. The quantitative estimate of drug-likeness (QED) is 0.511. The molecule has 0 unspecified atom stereocenters. The number of benzene rings is 2. The van der Waals surface area contributed by atoms with E-state index in [2.05, 4.69) is 15.0 Å². The molecule has 2 aromatic carbocycles. The van der Waals surface area contributed by atoms with Gasteiger partial charge in [-0.15, -0.1) is 0 Å². The number of ketones is 1. The fourth-order valence-electron chi connectivity index (χ4n) is 3.24. The molecule has 0 bridgehead atoms. The molecular weight excluding hydrogens is 286 g/mol. The number of H-pyrrole nitrogens is 1. The predicted octanol–water partition coefficient (Wildman–Crippen LogP) is 3.84. The Morgan fingerprint density at radius 2 is 1.57 bits per heavy atom. The monoisotopic (exact) mass is 297 g/mol. The van der Waals surface area contributed by atoms with Crippen molar-refractivity contribution in [3.63, 3.8) is 0 Å². The highest BCUT2D eigenvalue weighted by atomic mass is 16.1. The SMILES string of the molecule is O=C1c2ccccc2-c2c1cccc2-c1nc2cccnc2[nH]1. The Labute approximate surface area is 131 Å². The second kappa shape index (κ2) is 4.36. The second-order valence-electron chi connectivity index (χ2n) is 5.56. The summed E-state index contributed by atoms with van der Waals surface area (Å²) in [4.78, 5) is 24.8. The van der Waals surface area contributed by atoms with Crippen LogP contribution in [0.1, 0.15) is 15.9 Å². The Hall–Kier alpha value is -3.27. The molecule has 0 aliphatic heterocycles. The molecule has 1 aliphatic rings. The van der Waals surface area contributed by atoms with Gasteiger partial charge in [-0.2, -0.15) is 0 Å². The third kappa shape index (κ3) is 1.63. The molecule has 4 heteroatoms. The zero-order chi connectivity index (χ0) is 15.4. The van der Waals surface area contributed by atoms with E-state index in [1.54, 1.807) is 6.20 Å². The average Bonchev–Trinajstić information content (AvgIpc) is 3.15. The molecule has 2 heterocycles. The minimum absolute atomic E-state index is 0.0756. The van der Waals surface area contributed by atoms with E-state index in [0.717, 1.165) is 44.8 Å². The fourth-order valence-corrected chi connectivity index (χ4v) is 3.24. The van der Waals surface area contributed by atoms with Gasteiger partial charge in [0.15, 0.2) is 11.4 Å². The molecule has 0 saturated carbocycles. The van der Waals surface area contributed by atoms with Crippen LogP contribution in [0, 0.1) is 0 Å². The third-order valence-electron chi connectivity index (χ3n) is 4.26. The molecule has 0 radical (unpaired) electrons. The van der Waals surface area contributed by atoms with Crippen LogP contribution in [-0.4, -0.2) is 20.7 Å². The lowest BCUT2D eigenvalue weighted by molar-refractivity contribution is 0.104. The standard InChI is InChI=1S/C19H11N3O/c23-17-12-6-2-1-5-11(12)16-13(17)7-3-8-14(16)18-21-15-9-4-10-20-19(15)22-18/h1-10H,(H,20,21,22). The zero-order valence-electron chi connectivity index (χ0n) is 12.1. The van der Waals surface area contributed by atoms with Gasteiger partial charge in [0.05, 0.1) is 0 Å². The lowest BCUT2D eigenvalue weighted by Gasteiger charge is -2.06. The van der Waals surface area contributed by atoms with Gasteiger partial charge in [0.25, 0.3) is 0 Å². The molecule has 0 spiro atoms. The maximum Gasteiger partial charge on any atom is 0.194 e. The maximum absolute atomic E-state index is 12.6. The van der Waals surface area contributed by atoms with Crippen molar-refractivity contribution in [2.75, 3.05) is 0 Å². The van der Waals surface area contributed by atoms with Crippen LogP contribution < -0.4 is 0 Å². The van der Waals surface area contributed by atoms with Crippen molar-refractivity contribution in [3.05, 3.63) is 71.9 Å². The summed E-state index contributed by atoms with van der Waals surface area (Å²) in [6, 6.07) is 17.3. The summed E-state index contributed by atoms with van der Waals surface area (Å²) in [6.45, 7) is 0. The second-order valence-corrected chi connectivity index (χ2v) is 5.56. The molecule has 2 aromatic heterocycles. The number of nitrogens with one attached hydrogen (secondary N) is 1. The van der Waals surface area contributed by atoms with E-state index in [9.17, 15) is 4.79 Å². The molecule has 108 valence electrons. The van der Waals surface area contributed by atoms with E-state index in [1.807, 2.05) is 54.6 Å². The molecule has 0 saturated heterocycles. The van der Waals surface area contributed by atoms with E-state index < -0.39 is 0 Å². The van der Waals surface area contributed by atoms with Crippen LogP contribution in [0.4, 0.5) is 0 Å². The van der Waals surface area contributed by atoms with Crippen LogP contribution in [-0.2, 0) is 0 Å². The van der Waals surface area contributed by atoms with Crippen molar-refractivity contribution in [1.29, 1.82) is 0 Å². The minimum Gasteiger partial charge on any atom is -0.323 e. The molecule has 1 aliphatic carbocycles. The smallest absolute Gasteiger partial charge is 0.194 e. The maximum atomic E-state index is 12.6. The van der Waals surface area contributed by atoms with Gasteiger partial charge >= 0.3 is 0 Å². The molecule has 0 atom stereocenters. The van der Waals surface area contributed by atoms with Gasteiger partial charge in [0.2, 0.25) is 0 Å². The highest BCUT2D eigenvalue weighted by Gasteiger charge is 2.29. The van der Waals surface area contributed by atoms with Gasteiger partial charge in [0, 0.05) is 28.5 Å². The number of aromatic nitrogens is 3. The van der Waals surface area contributed by atoms with Crippen LogP contribution in [0.15, 0.2) is 60.8 Å². The van der Waals surface area contributed by atoms with Crippen LogP contribution in [0.2, 0.25) is 0 Å². The molecule has 23 heavy (non-hydrogen) atoms. The number of rotatable bonds is 1. The van der Waals surface area contributed by atoms with Gasteiger partial charge in [-0.05, 0) is 17.7 Å². The van der Waals surface area contributed by atoms with Crippen molar-refractivity contribution in [2.24, 2.45) is 0 Å². The number of aromatic amines is 1. The minimum atomic E-state index is 0.0756. The van der Waals surface area contributed by atoms with E-state index in [1.165, 1.54) is 0 Å². The first-order valence-electron chi connectivity index (χ1n) is 7.41. The number of fused-ring (bicyclic) bond motifs is 4. The molecule has 0 amide bonds. The van der Waals surface area contributed by atoms with Crippen LogP contribution in [0.3, 0.4) is 0 Å². The van der Waals surface area contributed by atoms with Gasteiger partial charge < -0.3 is 4.98 Å². The van der Waals surface area contributed by atoms with Gasteiger partial charge in [0.1, 0.15) is 11.3 Å². The van der Waals surface area contributed by atoms with E-state index >= 15 is 0 Å². The summed E-state index contributed by atoms with van der Waals surface area (Å²) in [5.74, 6) is 0.812. The Bertz CT molecular complexity index is 1060. The summed E-state index contributed by atoms with van der Waals surface area (Å²) in [5.41, 5.74) is 5.90. The van der Waals surface area contributed by atoms with Crippen molar-refractivity contribution in [3.8, 4) is 22.5 Å². The number of hydrogen-bond acceptors (Lipinski definition) is 3. The predicted molar refractivity (Wildman–Crippen MR) is 88.2 cm³/mol. The summed E-state index contributed by atoms with van der Waals surface area (Å²) in [5, 5.41) is 0. The van der Waals surface area contributed by atoms with Gasteiger partial charge in [-0.1, -0.05) is 42.5 Å². The van der Waals surface area contributed by atoms with Crippen LogP contribution in [0.25, 0.3) is 33.7 Å². The molecule has 0 fully saturated rings. The normalized spacial score (nSPS) is 12.4. The Morgan fingerprint density at radius 3 is 2.43 bits per heavy atom. The average molecular weight is 297 g/mol. The van der Waals surface area contributed by atoms with Crippen molar-refractivity contribution < 1.29 is 4.79 Å². The Kier molecular flexibility index (Phi) is 2.33. The first kappa shape index (κ1) is 12.3. The molecular formula is C19H11N3O. The Balaban J connectivity index is 1.83. The lowest BCUT2D eigenvalue weighted by atomic mass is 9.99. The van der Waals surface area contributed by atoms with Crippen LogP contribution in [0.5, 0.6) is 0 Å². The number of carbonyl (C=O) groups excluding carboxylic acids is 1. The fraction of sp³-hybridized carbons (Fsp3) is 0. The Morgan fingerprint density at radius 1 is 0.783 bits per heavy atom. The number of pyridine rings is 1. The first-order valence-corrected chi connectivity index (χ1v) is 7.41. The summed E-state index contributed by atoms with van der Waals surface area (Å²) in [6.07, 6.45) is 1.73. The first-order chi connectivity index (χ1) is 11.3. The molecule has 4 aromatic rings. The zero-order valence-corrected chi connectivity index (χ0v) is 12.1. The largest absolute Gasteiger partial charge is 0.323 e. The van der Waals surface area contributed by atoms with E-state index in [0.29, 0.717) is 0 Å². The van der Waals surface area contributed by atoms with Gasteiger partial charge in [-0.25, -0.2) is 9.97 Å². The highest BCUT2D eigenvalue weighted by molar-refractivity contribution is 6.23. The van der Waals surface area contributed by atoms with Gasteiger partial charge in [-0.3, -0.25) is 4.79 Å².